The van der Waals surface area contributed by atoms with Gasteiger partial charge in [0.2, 0.25) is 0 Å². The molecule has 1 amide bonds. The maximum Gasteiger partial charge on any atom is 0.253 e. The molecule has 0 aliphatic heterocycles. The molecule has 21 heavy (non-hydrogen) atoms. The molecular weight excluding hydrogens is 303 g/mol. The molecule has 1 N–H and O–H groups in total. The van der Waals surface area contributed by atoms with Gasteiger partial charge in [-0.3, -0.25) is 4.79 Å². The van der Waals surface area contributed by atoms with Crippen molar-refractivity contribution in [2.75, 3.05) is 0 Å². The Labute approximate surface area is 124 Å². The summed E-state index contributed by atoms with van der Waals surface area (Å²) in [5.41, 5.74) is 0.0725. The fourth-order valence-electron chi connectivity index (χ4n) is 1.87. The van der Waals surface area contributed by atoms with Gasteiger partial charge in [0.1, 0.15) is 17.5 Å². The number of carbonyl (C=O) groups is 1. The standard InChI is InChI=1S/C15H11ClF3NO/c1-8(12-6-9(17)3-5-14(12)19)20-15(21)11-4-2-10(18)7-13(11)16/h2-8H,1H3,(H,20,21). The number of hydrogen-bond donors (Lipinski definition) is 1. The first-order chi connectivity index (χ1) is 9.88. The number of nitrogens with one attached hydrogen (secondary N) is 1. The number of hydrogen-bond acceptors (Lipinski definition) is 1. The van der Waals surface area contributed by atoms with E-state index in [2.05, 4.69) is 5.32 Å². The molecule has 0 aliphatic carbocycles. The van der Waals surface area contributed by atoms with Crippen LogP contribution in [0.1, 0.15) is 28.9 Å². The van der Waals surface area contributed by atoms with E-state index >= 15 is 0 Å². The van der Waals surface area contributed by atoms with Gasteiger partial charge in [0, 0.05) is 5.56 Å². The number of carbonyl (C=O) groups excluding carboxylic acids is 1. The predicted octanol–water partition coefficient (Wildman–Crippen LogP) is 4.25. The first-order valence-corrected chi connectivity index (χ1v) is 6.47. The van der Waals surface area contributed by atoms with Gasteiger partial charge >= 0.3 is 0 Å². The molecule has 0 radical (unpaired) electrons. The summed E-state index contributed by atoms with van der Waals surface area (Å²) in [5, 5.41) is 2.43. The Morgan fingerprint density at radius 3 is 2.38 bits per heavy atom. The molecule has 2 aromatic rings. The second-order valence-electron chi connectivity index (χ2n) is 4.49. The van der Waals surface area contributed by atoms with E-state index in [1.54, 1.807) is 0 Å². The third-order valence-electron chi connectivity index (χ3n) is 2.95. The lowest BCUT2D eigenvalue weighted by molar-refractivity contribution is 0.0939. The Bertz CT molecular complexity index is 691. The smallest absolute Gasteiger partial charge is 0.253 e. The zero-order valence-corrected chi connectivity index (χ0v) is 11.7. The van der Waals surface area contributed by atoms with E-state index in [0.29, 0.717) is 0 Å². The molecule has 1 atom stereocenters. The van der Waals surface area contributed by atoms with Crippen LogP contribution in [0.2, 0.25) is 5.02 Å². The van der Waals surface area contributed by atoms with Gasteiger partial charge in [0.25, 0.3) is 5.91 Å². The lowest BCUT2D eigenvalue weighted by Crippen LogP contribution is -2.27. The average Bonchev–Trinajstić information content (AvgIpc) is 2.41. The third kappa shape index (κ3) is 3.55. The van der Waals surface area contributed by atoms with Gasteiger partial charge in [-0.2, -0.15) is 0 Å². The van der Waals surface area contributed by atoms with E-state index in [9.17, 15) is 18.0 Å². The van der Waals surface area contributed by atoms with Crippen LogP contribution < -0.4 is 5.32 Å². The highest BCUT2D eigenvalue weighted by atomic mass is 35.5. The summed E-state index contributed by atoms with van der Waals surface area (Å²) in [4.78, 5) is 12.0. The summed E-state index contributed by atoms with van der Waals surface area (Å²) in [6, 6.07) is 5.53. The number of amides is 1. The number of halogens is 4. The van der Waals surface area contributed by atoms with Crippen molar-refractivity contribution in [2.24, 2.45) is 0 Å². The highest BCUT2D eigenvalue weighted by molar-refractivity contribution is 6.33. The van der Waals surface area contributed by atoms with Gasteiger partial charge < -0.3 is 5.32 Å². The van der Waals surface area contributed by atoms with Crippen LogP contribution in [0, 0.1) is 17.5 Å². The van der Waals surface area contributed by atoms with Gasteiger partial charge in [0.15, 0.2) is 0 Å². The summed E-state index contributed by atoms with van der Waals surface area (Å²) < 4.78 is 39.7. The molecule has 0 saturated carbocycles. The highest BCUT2D eigenvalue weighted by Crippen LogP contribution is 2.21. The minimum atomic E-state index is -0.769. The summed E-state index contributed by atoms with van der Waals surface area (Å²) in [6.45, 7) is 1.51. The van der Waals surface area contributed by atoms with E-state index in [-0.39, 0.29) is 16.1 Å². The van der Waals surface area contributed by atoms with Crippen molar-refractivity contribution in [3.05, 3.63) is 70.0 Å². The maximum atomic E-state index is 13.6. The van der Waals surface area contributed by atoms with Gasteiger partial charge in [0.05, 0.1) is 16.6 Å². The number of rotatable bonds is 3. The zero-order chi connectivity index (χ0) is 15.6. The highest BCUT2D eigenvalue weighted by Gasteiger charge is 2.17. The van der Waals surface area contributed by atoms with Crippen LogP contribution >= 0.6 is 11.6 Å². The molecule has 6 heteroatoms. The second kappa shape index (κ2) is 6.18. The van der Waals surface area contributed by atoms with Crippen LogP contribution in [0.15, 0.2) is 36.4 Å². The predicted molar refractivity (Wildman–Crippen MR) is 73.6 cm³/mol. The van der Waals surface area contributed by atoms with Crippen molar-refractivity contribution in [2.45, 2.75) is 13.0 Å². The van der Waals surface area contributed by atoms with Crippen molar-refractivity contribution >= 4 is 17.5 Å². The minimum Gasteiger partial charge on any atom is -0.345 e. The molecule has 0 spiro atoms. The van der Waals surface area contributed by atoms with Crippen LogP contribution in [0.4, 0.5) is 13.2 Å². The maximum absolute atomic E-state index is 13.6. The lowest BCUT2D eigenvalue weighted by Gasteiger charge is -2.15. The number of benzene rings is 2. The molecule has 110 valence electrons. The summed E-state index contributed by atoms with van der Waals surface area (Å²) in [7, 11) is 0. The first-order valence-electron chi connectivity index (χ1n) is 6.09. The minimum absolute atomic E-state index is 0.0154. The molecule has 0 saturated heterocycles. The molecule has 0 aliphatic rings. The summed E-state index contributed by atoms with van der Waals surface area (Å²) in [5.74, 6) is -2.40. The molecule has 1 unspecified atom stereocenters. The Hall–Kier alpha value is -2.01. The van der Waals surface area contributed by atoms with Crippen molar-refractivity contribution in [1.29, 1.82) is 0 Å². The Morgan fingerprint density at radius 2 is 1.71 bits per heavy atom. The average molecular weight is 314 g/mol. The SMILES string of the molecule is CC(NC(=O)c1ccc(F)cc1Cl)c1cc(F)ccc1F. The topological polar surface area (TPSA) is 29.1 Å². The zero-order valence-electron chi connectivity index (χ0n) is 11.0. The van der Waals surface area contributed by atoms with E-state index in [1.165, 1.54) is 13.0 Å². The second-order valence-corrected chi connectivity index (χ2v) is 4.89. The molecule has 2 aromatic carbocycles. The van der Waals surface area contributed by atoms with Gasteiger partial charge in [-0.05, 0) is 43.3 Å². The monoisotopic (exact) mass is 313 g/mol. The molecular formula is C15H11ClF3NO. The van der Waals surface area contributed by atoms with E-state index < -0.39 is 29.4 Å². The van der Waals surface area contributed by atoms with Crippen LogP contribution in [0.5, 0.6) is 0 Å². The summed E-state index contributed by atoms with van der Waals surface area (Å²) in [6.07, 6.45) is 0. The molecule has 0 heterocycles. The summed E-state index contributed by atoms with van der Waals surface area (Å²) >= 11 is 5.78. The van der Waals surface area contributed by atoms with Crippen molar-refractivity contribution in [3.63, 3.8) is 0 Å². The molecule has 0 bridgehead atoms. The van der Waals surface area contributed by atoms with Crippen molar-refractivity contribution in [1.82, 2.24) is 5.32 Å². The first kappa shape index (κ1) is 15.4. The Kier molecular flexibility index (Phi) is 4.53. The molecule has 0 fully saturated rings. The largest absolute Gasteiger partial charge is 0.345 e. The Morgan fingerprint density at radius 1 is 1.10 bits per heavy atom. The Balaban J connectivity index is 2.20. The molecule has 2 nitrogen and oxygen atoms in total. The fraction of sp³-hybridized carbons (Fsp3) is 0.133. The quantitative estimate of drug-likeness (QED) is 0.902. The molecule has 2 rings (SSSR count). The van der Waals surface area contributed by atoms with Crippen molar-refractivity contribution < 1.29 is 18.0 Å². The fourth-order valence-corrected chi connectivity index (χ4v) is 2.13. The molecule has 0 aromatic heterocycles. The van der Waals surface area contributed by atoms with Gasteiger partial charge in [-0.15, -0.1) is 0 Å². The van der Waals surface area contributed by atoms with Crippen molar-refractivity contribution in [3.8, 4) is 0 Å². The van der Waals surface area contributed by atoms with Crippen LogP contribution in [0.3, 0.4) is 0 Å². The normalized spacial score (nSPS) is 12.0. The van der Waals surface area contributed by atoms with E-state index in [4.69, 9.17) is 11.6 Å². The van der Waals surface area contributed by atoms with Crippen LogP contribution in [0.25, 0.3) is 0 Å². The van der Waals surface area contributed by atoms with Gasteiger partial charge in [-0.25, -0.2) is 13.2 Å². The van der Waals surface area contributed by atoms with E-state index in [1.807, 2.05) is 0 Å². The van der Waals surface area contributed by atoms with E-state index in [0.717, 1.165) is 30.3 Å². The van der Waals surface area contributed by atoms with Crippen LogP contribution in [-0.4, -0.2) is 5.91 Å². The lowest BCUT2D eigenvalue weighted by atomic mass is 10.1. The van der Waals surface area contributed by atoms with Gasteiger partial charge in [-0.1, -0.05) is 11.6 Å². The van der Waals surface area contributed by atoms with Crippen LogP contribution in [-0.2, 0) is 0 Å². The third-order valence-corrected chi connectivity index (χ3v) is 3.26.